The van der Waals surface area contributed by atoms with Crippen molar-refractivity contribution in [2.45, 2.75) is 20.8 Å². The maximum Gasteiger partial charge on any atom is 0.203 e. The van der Waals surface area contributed by atoms with Crippen LogP contribution in [0.2, 0.25) is 0 Å². The highest BCUT2D eigenvalue weighted by Gasteiger charge is 2.19. The van der Waals surface area contributed by atoms with Crippen molar-refractivity contribution in [2.24, 2.45) is 0 Å². The van der Waals surface area contributed by atoms with Crippen LogP contribution in [0.1, 0.15) is 29.8 Å². The fourth-order valence-corrected chi connectivity index (χ4v) is 1.20. The SMILES string of the molecule is CC.Cc1ccc2c(c1)OCC2=O. The van der Waals surface area contributed by atoms with Crippen LogP contribution in [0.15, 0.2) is 18.2 Å². The van der Waals surface area contributed by atoms with E-state index in [9.17, 15) is 4.79 Å². The number of benzene rings is 1. The molecule has 0 bridgehead atoms. The number of fused-ring (bicyclic) bond motifs is 1. The third-order valence-electron chi connectivity index (χ3n) is 1.80. The number of hydrogen-bond donors (Lipinski definition) is 0. The summed E-state index contributed by atoms with van der Waals surface area (Å²) in [7, 11) is 0. The zero-order valence-corrected chi connectivity index (χ0v) is 8.26. The molecule has 0 radical (unpaired) electrons. The Bertz CT molecular complexity index is 316. The smallest absolute Gasteiger partial charge is 0.203 e. The van der Waals surface area contributed by atoms with Crippen molar-refractivity contribution in [1.82, 2.24) is 0 Å². The van der Waals surface area contributed by atoms with E-state index < -0.39 is 0 Å². The molecule has 0 atom stereocenters. The van der Waals surface area contributed by atoms with Gasteiger partial charge in [0, 0.05) is 0 Å². The largest absolute Gasteiger partial charge is 0.485 e. The number of Topliss-reactive ketones (excluding diaryl/α,β-unsaturated/α-hetero) is 1. The number of carbonyl (C=O) groups is 1. The molecule has 0 aromatic heterocycles. The molecule has 1 aromatic carbocycles. The minimum atomic E-state index is 0.0833. The lowest BCUT2D eigenvalue weighted by molar-refractivity contribution is 0.0961. The molecular formula is C11H14O2. The van der Waals surface area contributed by atoms with Crippen molar-refractivity contribution >= 4 is 5.78 Å². The predicted molar refractivity (Wildman–Crippen MR) is 52.4 cm³/mol. The lowest BCUT2D eigenvalue weighted by atomic mass is 10.1. The fourth-order valence-electron chi connectivity index (χ4n) is 1.20. The van der Waals surface area contributed by atoms with E-state index in [1.54, 1.807) is 0 Å². The molecule has 2 rings (SSSR count). The van der Waals surface area contributed by atoms with Gasteiger partial charge in [0.25, 0.3) is 0 Å². The van der Waals surface area contributed by atoms with Gasteiger partial charge in [-0.3, -0.25) is 4.79 Å². The molecule has 0 saturated carbocycles. The minimum Gasteiger partial charge on any atom is -0.485 e. The number of carbonyl (C=O) groups excluding carboxylic acids is 1. The summed E-state index contributed by atoms with van der Waals surface area (Å²) in [5, 5.41) is 0. The van der Waals surface area contributed by atoms with E-state index in [-0.39, 0.29) is 12.4 Å². The number of aryl methyl sites for hydroxylation is 1. The molecule has 13 heavy (non-hydrogen) atoms. The highest BCUT2D eigenvalue weighted by atomic mass is 16.5. The Labute approximate surface area is 78.5 Å². The molecular weight excluding hydrogens is 164 g/mol. The van der Waals surface area contributed by atoms with E-state index in [0.29, 0.717) is 0 Å². The summed E-state index contributed by atoms with van der Waals surface area (Å²) >= 11 is 0. The highest BCUT2D eigenvalue weighted by Crippen LogP contribution is 2.25. The Balaban J connectivity index is 0.000000396. The monoisotopic (exact) mass is 178 g/mol. The second kappa shape index (κ2) is 4.08. The van der Waals surface area contributed by atoms with Crippen molar-refractivity contribution < 1.29 is 9.53 Å². The summed E-state index contributed by atoms with van der Waals surface area (Å²) < 4.78 is 5.14. The van der Waals surface area contributed by atoms with Gasteiger partial charge < -0.3 is 4.74 Å². The van der Waals surface area contributed by atoms with Crippen LogP contribution < -0.4 is 4.74 Å². The van der Waals surface area contributed by atoms with E-state index in [2.05, 4.69) is 0 Å². The Morgan fingerprint density at radius 2 is 2.00 bits per heavy atom. The van der Waals surface area contributed by atoms with Crippen LogP contribution in [0.3, 0.4) is 0 Å². The third kappa shape index (κ3) is 1.89. The average molecular weight is 178 g/mol. The first-order valence-electron chi connectivity index (χ1n) is 4.54. The van der Waals surface area contributed by atoms with Gasteiger partial charge in [-0.2, -0.15) is 0 Å². The summed E-state index contributed by atoms with van der Waals surface area (Å²) in [5.41, 5.74) is 1.84. The zero-order chi connectivity index (χ0) is 9.84. The molecule has 2 heteroatoms. The van der Waals surface area contributed by atoms with Gasteiger partial charge in [-0.15, -0.1) is 0 Å². The van der Waals surface area contributed by atoms with Gasteiger partial charge in [0.2, 0.25) is 5.78 Å². The zero-order valence-electron chi connectivity index (χ0n) is 8.26. The van der Waals surface area contributed by atoms with Crippen LogP contribution in [0.5, 0.6) is 5.75 Å². The van der Waals surface area contributed by atoms with Crippen molar-refractivity contribution in [2.75, 3.05) is 6.61 Å². The first kappa shape index (κ1) is 9.78. The second-order valence-electron chi connectivity index (χ2n) is 2.71. The van der Waals surface area contributed by atoms with E-state index in [0.717, 1.165) is 16.9 Å². The van der Waals surface area contributed by atoms with Gasteiger partial charge in [-0.1, -0.05) is 19.9 Å². The van der Waals surface area contributed by atoms with Crippen LogP contribution in [-0.4, -0.2) is 12.4 Å². The molecule has 0 aliphatic carbocycles. The van der Waals surface area contributed by atoms with Gasteiger partial charge in [-0.25, -0.2) is 0 Å². The number of rotatable bonds is 0. The number of ether oxygens (including phenoxy) is 1. The lowest BCUT2D eigenvalue weighted by Crippen LogP contribution is -1.98. The van der Waals surface area contributed by atoms with Crippen molar-refractivity contribution in [3.05, 3.63) is 29.3 Å². The number of ketones is 1. The van der Waals surface area contributed by atoms with Gasteiger partial charge in [0.05, 0.1) is 5.56 Å². The van der Waals surface area contributed by atoms with Crippen LogP contribution >= 0.6 is 0 Å². The molecule has 0 unspecified atom stereocenters. The Hall–Kier alpha value is -1.31. The third-order valence-corrected chi connectivity index (χ3v) is 1.80. The molecule has 2 nitrogen and oxygen atoms in total. The van der Waals surface area contributed by atoms with Gasteiger partial charge in [0.1, 0.15) is 5.75 Å². The first-order valence-corrected chi connectivity index (χ1v) is 4.54. The Morgan fingerprint density at radius 3 is 2.69 bits per heavy atom. The molecule has 0 fully saturated rings. The van der Waals surface area contributed by atoms with Crippen LogP contribution in [0.4, 0.5) is 0 Å². The van der Waals surface area contributed by atoms with E-state index in [1.807, 2.05) is 39.0 Å². The normalized spacial score (nSPS) is 12.7. The Kier molecular flexibility index (Phi) is 3.07. The summed E-state index contributed by atoms with van der Waals surface area (Å²) in [6, 6.07) is 5.63. The summed E-state index contributed by atoms with van der Waals surface area (Å²) in [5.74, 6) is 0.815. The van der Waals surface area contributed by atoms with Gasteiger partial charge in [-0.05, 0) is 24.6 Å². The lowest BCUT2D eigenvalue weighted by Gasteiger charge is -1.96. The fraction of sp³-hybridized carbons (Fsp3) is 0.364. The van der Waals surface area contributed by atoms with E-state index in [1.165, 1.54) is 0 Å². The molecule has 1 heterocycles. The molecule has 70 valence electrons. The molecule has 0 spiro atoms. The standard InChI is InChI=1S/C9H8O2.C2H6/c1-6-2-3-7-8(10)5-11-9(7)4-6;1-2/h2-4H,5H2,1H3;1-2H3. The highest BCUT2D eigenvalue weighted by molar-refractivity contribution is 6.02. The second-order valence-corrected chi connectivity index (χ2v) is 2.71. The Morgan fingerprint density at radius 1 is 1.31 bits per heavy atom. The first-order chi connectivity index (χ1) is 6.27. The quantitative estimate of drug-likeness (QED) is 0.610. The molecule has 1 aliphatic rings. The minimum absolute atomic E-state index is 0.0833. The molecule has 0 N–H and O–H groups in total. The van der Waals surface area contributed by atoms with Gasteiger partial charge in [0.15, 0.2) is 6.61 Å². The molecule has 1 aliphatic heterocycles. The molecule has 0 amide bonds. The van der Waals surface area contributed by atoms with Crippen LogP contribution in [0, 0.1) is 6.92 Å². The van der Waals surface area contributed by atoms with Crippen molar-refractivity contribution in [3.8, 4) is 5.75 Å². The molecule has 0 saturated heterocycles. The topological polar surface area (TPSA) is 26.3 Å². The maximum atomic E-state index is 11.1. The maximum absolute atomic E-state index is 11.1. The van der Waals surface area contributed by atoms with Gasteiger partial charge >= 0.3 is 0 Å². The van der Waals surface area contributed by atoms with Crippen LogP contribution in [0.25, 0.3) is 0 Å². The van der Waals surface area contributed by atoms with Crippen molar-refractivity contribution in [1.29, 1.82) is 0 Å². The summed E-state index contributed by atoms with van der Waals surface area (Å²) in [4.78, 5) is 11.1. The van der Waals surface area contributed by atoms with E-state index >= 15 is 0 Å². The predicted octanol–water partition coefficient (Wildman–Crippen LogP) is 2.60. The summed E-state index contributed by atoms with van der Waals surface area (Å²) in [6.07, 6.45) is 0. The van der Waals surface area contributed by atoms with E-state index in [4.69, 9.17) is 4.74 Å². The summed E-state index contributed by atoms with van der Waals surface area (Å²) in [6.45, 7) is 6.19. The van der Waals surface area contributed by atoms with Crippen molar-refractivity contribution in [3.63, 3.8) is 0 Å². The average Bonchev–Trinajstić information content (AvgIpc) is 2.51. The molecule has 1 aromatic rings. The van der Waals surface area contributed by atoms with Crippen LogP contribution in [-0.2, 0) is 0 Å². The number of hydrogen-bond acceptors (Lipinski definition) is 2.